The van der Waals surface area contributed by atoms with E-state index in [0.717, 1.165) is 0 Å². The first-order chi connectivity index (χ1) is 9.62. The average Bonchev–Trinajstić information content (AvgIpc) is 2.40. The summed E-state index contributed by atoms with van der Waals surface area (Å²) in [6, 6.07) is 0. The van der Waals surface area contributed by atoms with Gasteiger partial charge in [-0.25, -0.2) is 0 Å². The third-order valence-corrected chi connectivity index (χ3v) is 2.36. The van der Waals surface area contributed by atoms with Gasteiger partial charge in [0.25, 0.3) is 0 Å². The molecule has 0 spiro atoms. The molecule has 0 heterocycles. The summed E-state index contributed by atoms with van der Waals surface area (Å²) in [5.41, 5.74) is 1.33. The van der Waals surface area contributed by atoms with Crippen molar-refractivity contribution in [3.05, 3.63) is 34.8 Å². The van der Waals surface area contributed by atoms with Gasteiger partial charge in [-0.15, -0.1) is 4.95 Å². The van der Waals surface area contributed by atoms with Crippen molar-refractivity contribution in [3.8, 4) is 6.19 Å². The fraction of sp³-hybridized carbons (Fsp3) is 0.200. The lowest BCUT2D eigenvalue weighted by Gasteiger charge is -2.15. The fourth-order valence-electron chi connectivity index (χ4n) is 1.60. The van der Waals surface area contributed by atoms with Crippen molar-refractivity contribution in [2.24, 2.45) is 10.1 Å². The minimum absolute atomic E-state index is 0.0131. The first kappa shape index (κ1) is 15.8. The average molecular weight is 272 g/mol. The fourth-order valence-corrected chi connectivity index (χ4v) is 1.60. The molecule has 1 aliphatic carbocycles. The smallest absolute Gasteiger partial charge is 0.430 e. The van der Waals surface area contributed by atoms with Crippen molar-refractivity contribution < 1.29 is 19.7 Å². The quantitative estimate of drug-likeness (QED) is 0.191. The van der Waals surface area contributed by atoms with Gasteiger partial charge in [-0.05, 0) is 17.7 Å². The minimum Gasteiger partial charge on any atom is -0.430 e. The summed E-state index contributed by atoms with van der Waals surface area (Å²) in [4.78, 5) is 6.48. The molecule has 20 heavy (non-hydrogen) atoms. The predicted molar refractivity (Wildman–Crippen MR) is 73.6 cm³/mol. The Morgan fingerprint density at radius 1 is 1.40 bits per heavy atom. The van der Waals surface area contributed by atoms with E-state index in [2.05, 4.69) is 15.0 Å². The number of nitriles is 1. The van der Waals surface area contributed by atoms with Crippen LogP contribution < -0.4 is 0 Å². The third kappa shape index (κ3) is 4.46. The standard InChI is InChI=1S/C10H10B2N4O4/c1-14-16-10-2-7(4-12(18)19)9(15-6-13)3-8(10)5-20-11-17/h2-3,11,17-19H,4-5H2/b15-9-,16-10-. The molecule has 0 saturated carbocycles. The molecule has 0 aromatic heterocycles. The second-order valence-electron chi connectivity index (χ2n) is 3.68. The molecular formula is C10H10B2N4O4. The van der Waals surface area contributed by atoms with Gasteiger partial charge < -0.3 is 19.7 Å². The van der Waals surface area contributed by atoms with Gasteiger partial charge in [0.1, 0.15) is 0 Å². The van der Waals surface area contributed by atoms with Crippen LogP contribution in [-0.4, -0.2) is 47.9 Å². The van der Waals surface area contributed by atoms with Gasteiger partial charge in [0.15, 0.2) is 5.71 Å². The van der Waals surface area contributed by atoms with Gasteiger partial charge in [-0.3, -0.25) is 0 Å². The second kappa shape index (κ2) is 8.04. The maximum absolute atomic E-state index is 9.01. The number of aliphatic imine (C=N–C) groups is 1. The molecule has 0 aliphatic heterocycles. The van der Waals surface area contributed by atoms with Gasteiger partial charge in [0.2, 0.25) is 6.19 Å². The number of nitrogens with zero attached hydrogens (tertiary/aromatic N) is 4. The minimum atomic E-state index is -1.61. The summed E-state index contributed by atoms with van der Waals surface area (Å²) in [7, 11) is -2.11. The topological polar surface area (TPSA) is 123 Å². The van der Waals surface area contributed by atoms with Crippen LogP contribution in [0.25, 0.3) is 4.95 Å². The van der Waals surface area contributed by atoms with E-state index in [-0.39, 0.29) is 24.4 Å². The highest BCUT2D eigenvalue weighted by atomic mass is 16.5. The zero-order valence-electron chi connectivity index (χ0n) is 10.4. The summed E-state index contributed by atoms with van der Waals surface area (Å²) in [6.07, 6.45) is 4.36. The Morgan fingerprint density at radius 2 is 2.10 bits per heavy atom. The van der Waals surface area contributed by atoms with Crippen LogP contribution in [0.3, 0.4) is 0 Å². The van der Waals surface area contributed by atoms with Crippen molar-refractivity contribution >= 4 is 26.2 Å². The molecule has 1 rings (SSSR count). The number of rotatable bonds is 5. The Labute approximate surface area is 116 Å². The molecule has 0 bridgehead atoms. The van der Waals surface area contributed by atoms with Crippen LogP contribution in [0.1, 0.15) is 0 Å². The molecule has 0 fully saturated rings. The Bertz CT molecular complexity index is 569. The van der Waals surface area contributed by atoms with Gasteiger partial charge in [0.05, 0.1) is 17.4 Å². The van der Waals surface area contributed by atoms with Gasteiger partial charge in [-0.1, -0.05) is 0 Å². The molecule has 0 aromatic carbocycles. The molecule has 8 nitrogen and oxygen atoms in total. The predicted octanol–water partition coefficient (Wildman–Crippen LogP) is -1.20. The first-order valence-electron chi connectivity index (χ1n) is 5.50. The Hall–Kier alpha value is -2.23. The molecule has 0 amide bonds. The number of allylic oxidation sites excluding steroid dienone is 3. The lowest BCUT2D eigenvalue weighted by atomic mass is 9.77. The van der Waals surface area contributed by atoms with Gasteiger partial charge >= 0.3 is 14.8 Å². The van der Waals surface area contributed by atoms with Gasteiger partial charge in [-0.2, -0.15) is 16.8 Å². The molecule has 0 atom stereocenters. The SMILES string of the molecule is [C-]#[N+]/N=C1C=C(CB(O)O)/C(=N\C#N)C=C/1COBO. The lowest BCUT2D eigenvalue weighted by Crippen LogP contribution is -2.21. The van der Waals surface area contributed by atoms with E-state index < -0.39 is 14.8 Å². The van der Waals surface area contributed by atoms with Crippen LogP contribution in [0.15, 0.2) is 33.4 Å². The van der Waals surface area contributed by atoms with Crippen molar-refractivity contribution in [2.75, 3.05) is 6.61 Å². The zero-order chi connectivity index (χ0) is 15.0. The molecule has 3 N–H and O–H groups in total. The largest absolute Gasteiger partial charge is 0.456 e. The van der Waals surface area contributed by atoms with Crippen molar-refractivity contribution in [2.45, 2.75) is 6.32 Å². The summed E-state index contributed by atoms with van der Waals surface area (Å²) in [5, 5.41) is 38.9. The maximum Gasteiger partial charge on any atom is 0.456 e. The van der Waals surface area contributed by atoms with Crippen molar-refractivity contribution in [3.63, 3.8) is 0 Å². The summed E-state index contributed by atoms with van der Waals surface area (Å²) in [6.45, 7) is 6.74. The number of hydrogen-bond acceptors (Lipinski definition) is 7. The van der Waals surface area contributed by atoms with Crippen LogP contribution in [0.5, 0.6) is 0 Å². The highest BCUT2D eigenvalue weighted by molar-refractivity contribution is 6.44. The molecule has 1 aliphatic rings. The van der Waals surface area contributed by atoms with E-state index in [1.54, 1.807) is 6.19 Å². The highest BCUT2D eigenvalue weighted by Crippen LogP contribution is 2.19. The van der Waals surface area contributed by atoms with Gasteiger partial charge in [0, 0.05) is 11.9 Å². The van der Waals surface area contributed by atoms with Crippen LogP contribution in [0.2, 0.25) is 6.32 Å². The van der Waals surface area contributed by atoms with Crippen LogP contribution >= 0.6 is 0 Å². The Morgan fingerprint density at radius 3 is 2.65 bits per heavy atom. The Balaban J connectivity index is 3.16. The molecule has 0 saturated heterocycles. The lowest BCUT2D eigenvalue weighted by molar-refractivity contribution is 0.316. The first-order valence-corrected chi connectivity index (χ1v) is 5.50. The highest BCUT2D eigenvalue weighted by Gasteiger charge is 2.22. The van der Waals surface area contributed by atoms with E-state index in [1.165, 1.54) is 12.2 Å². The summed E-state index contributed by atoms with van der Waals surface area (Å²) >= 11 is 0. The monoisotopic (exact) mass is 272 g/mol. The van der Waals surface area contributed by atoms with E-state index in [9.17, 15) is 0 Å². The molecule has 0 unspecified atom stereocenters. The van der Waals surface area contributed by atoms with E-state index in [1.807, 2.05) is 0 Å². The second-order valence-corrected chi connectivity index (χ2v) is 3.68. The van der Waals surface area contributed by atoms with Crippen LogP contribution in [0.4, 0.5) is 0 Å². The maximum atomic E-state index is 9.01. The summed E-state index contributed by atoms with van der Waals surface area (Å²) in [5.74, 6) is 0. The van der Waals surface area contributed by atoms with E-state index in [0.29, 0.717) is 11.1 Å². The number of hydrogen-bond donors (Lipinski definition) is 3. The van der Waals surface area contributed by atoms with Crippen LogP contribution in [0, 0.1) is 18.0 Å². The van der Waals surface area contributed by atoms with Crippen molar-refractivity contribution in [1.29, 1.82) is 5.26 Å². The molecule has 0 radical (unpaired) electrons. The molecular weight excluding hydrogens is 262 g/mol. The summed E-state index contributed by atoms with van der Waals surface area (Å²) < 4.78 is 4.83. The van der Waals surface area contributed by atoms with E-state index >= 15 is 0 Å². The van der Waals surface area contributed by atoms with Crippen LogP contribution in [-0.2, 0) is 4.65 Å². The normalized spacial score (nSPS) is 18.1. The Kier molecular flexibility index (Phi) is 6.37. The zero-order valence-corrected chi connectivity index (χ0v) is 10.4. The van der Waals surface area contributed by atoms with Crippen molar-refractivity contribution in [1.82, 2.24) is 0 Å². The molecule has 0 aromatic rings. The van der Waals surface area contributed by atoms with E-state index in [4.69, 9.17) is 31.6 Å². The third-order valence-electron chi connectivity index (χ3n) is 2.36. The molecule has 100 valence electrons. The molecule has 10 heteroatoms.